The van der Waals surface area contributed by atoms with Crippen molar-refractivity contribution in [2.45, 2.75) is 19.5 Å². The van der Waals surface area contributed by atoms with Crippen LogP contribution in [0.3, 0.4) is 0 Å². The summed E-state index contributed by atoms with van der Waals surface area (Å²) in [6, 6.07) is 11.1. The van der Waals surface area contributed by atoms with E-state index in [2.05, 4.69) is 29.8 Å². The molecule has 84 valence electrons. The van der Waals surface area contributed by atoms with Crippen LogP contribution in [0.1, 0.15) is 23.4 Å². The lowest BCUT2D eigenvalue weighted by atomic mass is 10.2. The Kier molecular flexibility index (Phi) is 3.70. The molecule has 0 fully saturated rings. The van der Waals surface area contributed by atoms with Gasteiger partial charge in [-0.25, -0.2) is 4.39 Å². The topological polar surface area (TPSA) is 12.0 Å². The Morgan fingerprint density at radius 1 is 1.25 bits per heavy atom. The van der Waals surface area contributed by atoms with Crippen molar-refractivity contribution < 1.29 is 4.39 Å². The second kappa shape index (κ2) is 5.23. The Morgan fingerprint density at radius 3 is 2.62 bits per heavy atom. The minimum absolute atomic E-state index is 0.185. The molecule has 0 unspecified atom stereocenters. The molecule has 0 aliphatic carbocycles. The molecule has 16 heavy (non-hydrogen) atoms. The van der Waals surface area contributed by atoms with E-state index in [1.165, 1.54) is 17.0 Å². The molecular weight excluding hydrogens is 221 g/mol. The molecule has 0 aliphatic heterocycles. The molecule has 0 bridgehead atoms. The van der Waals surface area contributed by atoms with Crippen LogP contribution in [0.2, 0.25) is 0 Å². The van der Waals surface area contributed by atoms with E-state index in [1.54, 1.807) is 11.3 Å². The van der Waals surface area contributed by atoms with Crippen molar-refractivity contribution in [2.24, 2.45) is 0 Å². The van der Waals surface area contributed by atoms with E-state index in [4.69, 9.17) is 0 Å². The number of hydrogen-bond acceptors (Lipinski definition) is 2. The number of hydrogen-bond donors (Lipinski definition) is 1. The summed E-state index contributed by atoms with van der Waals surface area (Å²) in [6.07, 6.45) is 0. The molecule has 0 saturated carbocycles. The Morgan fingerprint density at radius 2 is 2.00 bits per heavy atom. The fraction of sp³-hybridized carbons (Fsp3) is 0.231. The summed E-state index contributed by atoms with van der Waals surface area (Å²) in [4.78, 5) is 1.32. The van der Waals surface area contributed by atoms with Gasteiger partial charge in [-0.2, -0.15) is 0 Å². The third kappa shape index (κ3) is 2.90. The maximum atomic E-state index is 12.7. The smallest absolute Gasteiger partial charge is 0.123 e. The molecule has 1 atom stereocenters. The maximum Gasteiger partial charge on any atom is 0.123 e. The van der Waals surface area contributed by atoms with Crippen LogP contribution in [-0.4, -0.2) is 0 Å². The van der Waals surface area contributed by atoms with E-state index in [0.29, 0.717) is 6.04 Å². The van der Waals surface area contributed by atoms with Crippen molar-refractivity contribution in [2.75, 3.05) is 0 Å². The van der Waals surface area contributed by atoms with Gasteiger partial charge in [-0.3, -0.25) is 0 Å². The quantitative estimate of drug-likeness (QED) is 0.851. The van der Waals surface area contributed by atoms with Crippen LogP contribution in [0.25, 0.3) is 0 Å². The fourth-order valence-corrected chi connectivity index (χ4v) is 2.27. The van der Waals surface area contributed by atoms with Gasteiger partial charge in [0.15, 0.2) is 0 Å². The van der Waals surface area contributed by atoms with Gasteiger partial charge in [-0.1, -0.05) is 18.2 Å². The molecule has 1 aromatic carbocycles. The number of benzene rings is 1. The molecule has 0 amide bonds. The lowest BCUT2D eigenvalue weighted by molar-refractivity contribution is 0.580. The number of nitrogens with one attached hydrogen (secondary N) is 1. The van der Waals surface area contributed by atoms with E-state index < -0.39 is 0 Å². The summed E-state index contributed by atoms with van der Waals surface area (Å²) in [5, 5.41) is 5.48. The van der Waals surface area contributed by atoms with Crippen molar-refractivity contribution >= 4 is 11.3 Å². The first-order chi connectivity index (χ1) is 7.75. The molecule has 1 aromatic heterocycles. The molecular formula is C13H14FNS. The standard InChI is InChI=1S/C13H14FNS/c1-10(13-3-2-8-16-13)15-9-11-4-6-12(14)7-5-11/h2-8,10,15H,9H2,1H3/t10-/m0/s1. The Balaban J connectivity index is 1.90. The van der Waals surface area contributed by atoms with Crippen LogP contribution in [0.4, 0.5) is 4.39 Å². The largest absolute Gasteiger partial charge is 0.305 e. The molecule has 0 saturated heterocycles. The molecule has 2 aromatic rings. The van der Waals surface area contributed by atoms with E-state index in [0.717, 1.165) is 12.1 Å². The minimum atomic E-state index is -0.185. The SMILES string of the molecule is C[C@H](NCc1ccc(F)cc1)c1cccs1. The molecule has 2 rings (SSSR count). The van der Waals surface area contributed by atoms with Gasteiger partial charge >= 0.3 is 0 Å². The highest BCUT2D eigenvalue weighted by atomic mass is 32.1. The minimum Gasteiger partial charge on any atom is -0.305 e. The van der Waals surface area contributed by atoms with Crippen LogP contribution < -0.4 is 5.32 Å². The zero-order valence-electron chi connectivity index (χ0n) is 9.11. The average Bonchev–Trinajstić information content (AvgIpc) is 2.81. The van der Waals surface area contributed by atoms with Crippen LogP contribution in [-0.2, 0) is 6.54 Å². The monoisotopic (exact) mass is 235 g/mol. The van der Waals surface area contributed by atoms with Gasteiger partial charge in [0.1, 0.15) is 5.82 Å². The molecule has 1 nitrogen and oxygen atoms in total. The predicted molar refractivity (Wildman–Crippen MR) is 66.0 cm³/mol. The van der Waals surface area contributed by atoms with Crippen LogP contribution in [0.5, 0.6) is 0 Å². The number of rotatable bonds is 4. The lowest BCUT2D eigenvalue weighted by Gasteiger charge is -2.11. The zero-order chi connectivity index (χ0) is 11.4. The highest BCUT2D eigenvalue weighted by molar-refractivity contribution is 7.10. The van der Waals surface area contributed by atoms with E-state index in [1.807, 2.05) is 12.1 Å². The summed E-state index contributed by atoms with van der Waals surface area (Å²) in [5.74, 6) is -0.185. The summed E-state index contributed by atoms with van der Waals surface area (Å²) in [6.45, 7) is 2.90. The summed E-state index contributed by atoms with van der Waals surface area (Å²) >= 11 is 1.75. The second-order valence-electron chi connectivity index (χ2n) is 3.74. The summed E-state index contributed by atoms with van der Waals surface area (Å²) < 4.78 is 12.7. The van der Waals surface area contributed by atoms with Crippen LogP contribution in [0.15, 0.2) is 41.8 Å². The van der Waals surface area contributed by atoms with Crippen molar-refractivity contribution in [3.63, 3.8) is 0 Å². The van der Waals surface area contributed by atoms with Gasteiger partial charge < -0.3 is 5.32 Å². The molecule has 3 heteroatoms. The molecule has 1 N–H and O–H groups in total. The third-order valence-electron chi connectivity index (χ3n) is 2.50. The van der Waals surface area contributed by atoms with Crippen molar-refractivity contribution in [3.8, 4) is 0 Å². The molecule has 0 radical (unpaired) electrons. The fourth-order valence-electron chi connectivity index (χ4n) is 1.51. The first kappa shape index (κ1) is 11.3. The van der Waals surface area contributed by atoms with E-state index in [9.17, 15) is 4.39 Å². The first-order valence-corrected chi connectivity index (χ1v) is 6.15. The van der Waals surface area contributed by atoms with Gasteiger partial charge in [0.2, 0.25) is 0 Å². The zero-order valence-corrected chi connectivity index (χ0v) is 9.93. The Bertz CT molecular complexity index is 422. The van der Waals surface area contributed by atoms with E-state index in [-0.39, 0.29) is 5.82 Å². The molecule has 1 heterocycles. The lowest BCUT2D eigenvalue weighted by Crippen LogP contribution is -2.17. The van der Waals surface area contributed by atoms with Gasteiger partial charge in [0.05, 0.1) is 0 Å². The Labute approximate surface area is 98.9 Å². The van der Waals surface area contributed by atoms with Gasteiger partial charge in [-0.15, -0.1) is 11.3 Å². The Hall–Kier alpha value is -1.19. The van der Waals surface area contributed by atoms with Gasteiger partial charge in [-0.05, 0) is 36.1 Å². The van der Waals surface area contributed by atoms with Crippen LogP contribution >= 0.6 is 11.3 Å². The highest BCUT2D eigenvalue weighted by Gasteiger charge is 2.05. The summed E-state index contributed by atoms with van der Waals surface area (Å²) in [5.41, 5.74) is 1.10. The predicted octanol–water partition coefficient (Wildman–Crippen LogP) is 3.74. The van der Waals surface area contributed by atoms with Crippen molar-refractivity contribution in [3.05, 3.63) is 58.0 Å². The average molecular weight is 235 g/mol. The third-order valence-corrected chi connectivity index (χ3v) is 3.55. The van der Waals surface area contributed by atoms with Crippen molar-refractivity contribution in [1.29, 1.82) is 0 Å². The van der Waals surface area contributed by atoms with Crippen LogP contribution in [0, 0.1) is 5.82 Å². The number of halogens is 1. The van der Waals surface area contributed by atoms with Gasteiger partial charge in [0.25, 0.3) is 0 Å². The maximum absolute atomic E-state index is 12.7. The first-order valence-electron chi connectivity index (χ1n) is 5.27. The highest BCUT2D eigenvalue weighted by Crippen LogP contribution is 2.18. The normalized spacial score (nSPS) is 12.6. The molecule has 0 aliphatic rings. The van der Waals surface area contributed by atoms with Crippen molar-refractivity contribution in [1.82, 2.24) is 5.32 Å². The van der Waals surface area contributed by atoms with Gasteiger partial charge in [0, 0.05) is 17.5 Å². The second-order valence-corrected chi connectivity index (χ2v) is 4.72. The molecule has 0 spiro atoms. The number of thiophene rings is 1. The summed E-state index contributed by atoms with van der Waals surface area (Å²) in [7, 11) is 0. The van der Waals surface area contributed by atoms with E-state index >= 15 is 0 Å².